The van der Waals surface area contributed by atoms with Crippen molar-refractivity contribution < 1.29 is 14.2 Å². The minimum atomic E-state index is -0.0152. The monoisotopic (exact) mass is 392 g/mol. The van der Waals surface area contributed by atoms with E-state index >= 15 is 0 Å². The van der Waals surface area contributed by atoms with E-state index < -0.39 is 0 Å². The lowest BCUT2D eigenvalue weighted by Crippen LogP contribution is -2.09. The lowest BCUT2D eigenvalue weighted by atomic mass is 10.0. The number of anilines is 1. The van der Waals surface area contributed by atoms with Gasteiger partial charge in [0.15, 0.2) is 0 Å². The summed E-state index contributed by atoms with van der Waals surface area (Å²) in [6, 6.07) is 9.70. The van der Waals surface area contributed by atoms with Gasteiger partial charge in [0.2, 0.25) is 5.95 Å². The molecule has 3 heterocycles. The first-order valence-corrected chi connectivity index (χ1v) is 9.61. The fourth-order valence-corrected chi connectivity index (χ4v) is 3.42. The van der Waals surface area contributed by atoms with Gasteiger partial charge in [0.25, 0.3) is 0 Å². The molecule has 150 valence electrons. The fraction of sp³-hybridized carbons (Fsp3) is 0.318. The Labute approximate surface area is 170 Å². The van der Waals surface area contributed by atoms with Crippen LogP contribution >= 0.6 is 0 Å². The first-order chi connectivity index (χ1) is 14.3. The first-order valence-electron chi connectivity index (χ1n) is 9.61. The molecule has 1 aromatic carbocycles. The molecule has 1 atom stereocenters. The number of methoxy groups -OCH3 is 2. The Morgan fingerprint density at radius 3 is 2.52 bits per heavy atom. The lowest BCUT2D eigenvalue weighted by Gasteiger charge is -2.16. The summed E-state index contributed by atoms with van der Waals surface area (Å²) in [6.45, 7) is 1.31. The zero-order valence-corrected chi connectivity index (χ0v) is 16.6. The molecule has 0 saturated carbocycles. The molecular formula is C22H24N4O3. The Balaban J connectivity index is 1.59. The van der Waals surface area contributed by atoms with Crippen LogP contribution in [0.5, 0.6) is 11.5 Å². The smallest absolute Gasteiger partial charge is 0.223 e. The van der Waals surface area contributed by atoms with Crippen LogP contribution in [-0.2, 0) is 11.3 Å². The molecule has 1 aliphatic heterocycles. The van der Waals surface area contributed by atoms with Gasteiger partial charge in [-0.3, -0.25) is 4.98 Å². The number of hydrogen-bond acceptors (Lipinski definition) is 7. The molecule has 0 radical (unpaired) electrons. The fourth-order valence-electron chi connectivity index (χ4n) is 3.42. The van der Waals surface area contributed by atoms with E-state index in [0.29, 0.717) is 12.5 Å². The molecule has 0 unspecified atom stereocenters. The molecule has 1 N–H and O–H groups in total. The standard InChI is InChI=1S/C22H24N4O3/c1-27-17-10-15(11-18(12-17)28-2)13-24-22-25-14-19(16-5-7-23-8-6-16)21(26-22)20-4-3-9-29-20/h5-8,10-12,14,20H,3-4,9,13H2,1-2H3,(H,24,25,26)/t20-/m0/s1. The van der Waals surface area contributed by atoms with Crippen molar-refractivity contribution >= 4 is 5.95 Å². The maximum atomic E-state index is 5.91. The van der Waals surface area contributed by atoms with E-state index in [1.807, 2.05) is 36.5 Å². The van der Waals surface area contributed by atoms with Crippen LogP contribution in [0.15, 0.2) is 48.9 Å². The van der Waals surface area contributed by atoms with E-state index in [1.165, 1.54) is 0 Å². The largest absolute Gasteiger partial charge is 0.497 e. The number of pyridine rings is 1. The topological polar surface area (TPSA) is 78.4 Å². The maximum Gasteiger partial charge on any atom is 0.223 e. The van der Waals surface area contributed by atoms with Crippen molar-refractivity contribution in [3.05, 3.63) is 60.2 Å². The molecule has 0 spiro atoms. The van der Waals surface area contributed by atoms with E-state index in [2.05, 4.69) is 15.3 Å². The summed E-state index contributed by atoms with van der Waals surface area (Å²) in [4.78, 5) is 13.4. The van der Waals surface area contributed by atoms with Gasteiger partial charge in [0.1, 0.15) is 17.6 Å². The summed E-state index contributed by atoms with van der Waals surface area (Å²) in [6.07, 6.45) is 7.39. The van der Waals surface area contributed by atoms with Crippen LogP contribution in [-0.4, -0.2) is 35.8 Å². The number of benzene rings is 1. The van der Waals surface area contributed by atoms with Gasteiger partial charge in [0.05, 0.1) is 19.9 Å². The summed E-state index contributed by atoms with van der Waals surface area (Å²) in [5, 5.41) is 3.30. The molecule has 1 aliphatic rings. The summed E-state index contributed by atoms with van der Waals surface area (Å²) in [7, 11) is 3.28. The van der Waals surface area contributed by atoms with Crippen molar-refractivity contribution in [3.63, 3.8) is 0 Å². The second-order valence-corrected chi connectivity index (χ2v) is 6.80. The Kier molecular flexibility index (Phi) is 5.86. The highest BCUT2D eigenvalue weighted by molar-refractivity contribution is 5.65. The van der Waals surface area contributed by atoms with Gasteiger partial charge in [-0.05, 0) is 48.2 Å². The average Bonchev–Trinajstić information content (AvgIpc) is 3.32. The van der Waals surface area contributed by atoms with Crippen LogP contribution in [0.25, 0.3) is 11.1 Å². The van der Waals surface area contributed by atoms with Crippen LogP contribution in [0, 0.1) is 0 Å². The average molecular weight is 392 g/mol. The van der Waals surface area contributed by atoms with Crippen molar-refractivity contribution in [1.82, 2.24) is 15.0 Å². The first kappa shape index (κ1) is 19.1. The molecular weight excluding hydrogens is 368 g/mol. The minimum absolute atomic E-state index is 0.0152. The Hall–Kier alpha value is -3.19. The number of ether oxygens (including phenoxy) is 3. The van der Waals surface area contributed by atoms with Crippen LogP contribution < -0.4 is 14.8 Å². The molecule has 7 heteroatoms. The van der Waals surface area contributed by atoms with Crippen LogP contribution in [0.4, 0.5) is 5.95 Å². The highest BCUT2D eigenvalue weighted by Crippen LogP contribution is 2.34. The van der Waals surface area contributed by atoms with Crippen molar-refractivity contribution in [2.75, 3.05) is 26.1 Å². The minimum Gasteiger partial charge on any atom is -0.497 e. The number of aromatic nitrogens is 3. The third kappa shape index (κ3) is 4.46. The highest BCUT2D eigenvalue weighted by atomic mass is 16.5. The third-order valence-electron chi connectivity index (χ3n) is 4.91. The molecule has 1 saturated heterocycles. The second-order valence-electron chi connectivity index (χ2n) is 6.80. The van der Waals surface area contributed by atoms with E-state index in [1.54, 1.807) is 26.6 Å². The number of nitrogens with zero attached hydrogens (tertiary/aromatic N) is 3. The van der Waals surface area contributed by atoms with Crippen molar-refractivity contribution in [1.29, 1.82) is 0 Å². The molecule has 3 aromatic rings. The Morgan fingerprint density at radius 1 is 1.10 bits per heavy atom. The van der Waals surface area contributed by atoms with Crippen LogP contribution in [0.3, 0.4) is 0 Å². The van der Waals surface area contributed by atoms with E-state index in [9.17, 15) is 0 Å². The van der Waals surface area contributed by atoms with Gasteiger partial charge in [-0.15, -0.1) is 0 Å². The lowest BCUT2D eigenvalue weighted by molar-refractivity contribution is 0.109. The molecule has 2 aromatic heterocycles. The van der Waals surface area contributed by atoms with Gasteiger partial charge >= 0.3 is 0 Å². The second kappa shape index (κ2) is 8.87. The molecule has 29 heavy (non-hydrogen) atoms. The molecule has 7 nitrogen and oxygen atoms in total. The molecule has 0 amide bonds. The molecule has 4 rings (SSSR count). The van der Waals surface area contributed by atoms with Crippen molar-refractivity contribution in [2.45, 2.75) is 25.5 Å². The quantitative estimate of drug-likeness (QED) is 0.650. The van der Waals surface area contributed by atoms with Crippen LogP contribution in [0.1, 0.15) is 30.2 Å². The molecule has 0 aliphatic carbocycles. The maximum absolute atomic E-state index is 5.91. The van der Waals surface area contributed by atoms with Crippen molar-refractivity contribution in [3.8, 4) is 22.6 Å². The van der Waals surface area contributed by atoms with E-state index in [0.717, 1.165) is 53.3 Å². The molecule has 0 bridgehead atoms. The van der Waals surface area contributed by atoms with Gasteiger partial charge in [-0.2, -0.15) is 0 Å². The highest BCUT2D eigenvalue weighted by Gasteiger charge is 2.23. The summed E-state index contributed by atoms with van der Waals surface area (Å²) in [5.41, 5.74) is 3.94. The predicted octanol–water partition coefficient (Wildman–Crippen LogP) is 4.02. The van der Waals surface area contributed by atoms with Gasteiger partial charge in [0, 0.05) is 43.4 Å². The normalized spacial score (nSPS) is 15.9. The molecule has 1 fully saturated rings. The number of nitrogens with one attached hydrogen (secondary N) is 1. The zero-order chi connectivity index (χ0) is 20.1. The van der Waals surface area contributed by atoms with Crippen LogP contribution in [0.2, 0.25) is 0 Å². The SMILES string of the molecule is COc1cc(CNc2ncc(-c3ccncc3)c([C@@H]3CCCO3)n2)cc(OC)c1. The van der Waals surface area contributed by atoms with Crippen molar-refractivity contribution in [2.24, 2.45) is 0 Å². The van der Waals surface area contributed by atoms with Gasteiger partial charge < -0.3 is 19.5 Å². The third-order valence-corrected chi connectivity index (χ3v) is 4.91. The summed E-state index contributed by atoms with van der Waals surface area (Å²) in [5.74, 6) is 2.06. The summed E-state index contributed by atoms with van der Waals surface area (Å²) >= 11 is 0. The van der Waals surface area contributed by atoms with E-state index in [-0.39, 0.29) is 6.10 Å². The Bertz CT molecular complexity index is 937. The van der Waals surface area contributed by atoms with Gasteiger partial charge in [-0.25, -0.2) is 9.97 Å². The number of hydrogen-bond donors (Lipinski definition) is 1. The Morgan fingerprint density at radius 2 is 1.86 bits per heavy atom. The zero-order valence-electron chi connectivity index (χ0n) is 16.6. The number of rotatable bonds is 7. The predicted molar refractivity (Wildman–Crippen MR) is 110 cm³/mol. The van der Waals surface area contributed by atoms with Gasteiger partial charge in [-0.1, -0.05) is 0 Å². The van der Waals surface area contributed by atoms with E-state index in [4.69, 9.17) is 19.2 Å². The summed E-state index contributed by atoms with van der Waals surface area (Å²) < 4.78 is 16.6.